The number of hydrogen-bond acceptors (Lipinski definition) is 4. The van der Waals surface area contributed by atoms with Gasteiger partial charge in [0.05, 0.1) is 0 Å². The smallest absolute Gasteiger partial charge is 0.225 e. The van der Waals surface area contributed by atoms with Gasteiger partial charge < -0.3 is 9.80 Å². The molecule has 2 saturated heterocycles. The number of anilines is 1. The third-order valence-corrected chi connectivity index (χ3v) is 5.51. The van der Waals surface area contributed by atoms with E-state index in [1.165, 1.54) is 37.8 Å². The van der Waals surface area contributed by atoms with Gasteiger partial charge in [-0.25, -0.2) is 9.97 Å². The SMILES string of the molecule is O=C(C1CCN(c2cc(C3CC3)ncn2)CC1)N1CCCCC1. The van der Waals surface area contributed by atoms with Gasteiger partial charge in [0, 0.05) is 49.8 Å². The molecule has 0 aromatic carbocycles. The van der Waals surface area contributed by atoms with E-state index in [2.05, 4.69) is 25.8 Å². The minimum Gasteiger partial charge on any atom is -0.356 e. The van der Waals surface area contributed by atoms with Gasteiger partial charge in [-0.15, -0.1) is 0 Å². The molecule has 0 unspecified atom stereocenters. The van der Waals surface area contributed by atoms with Crippen LogP contribution in [0.5, 0.6) is 0 Å². The Morgan fingerprint density at radius 3 is 2.39 bits per heavy atom. The molecule has 3 aliphatic rings. The highest BCUT2D eigenvalue weighted by molar-refractivity contribution is 5.79. The van der Waals surface area contributed by atoms with Gasteiger partial charge in [-0.3, -0.25) is 4.79 Å². The number of carbonyl (C=O) groups is 1. The predicted octanol–water partition coefficient (Wildman–Crippen LogP) is 2.58. The first kappa shape index (κ1) is 14.9. The summed E-state index contributed by atoms with van der Waals surface area (Å²) in [5.74, 6) is 2.32. The van der Waals surface area contributed by atoms with Crippen LogP contribution in [0.3, 0.4) is 0 Å². The van der Waals surface area contributed by atoms with Gasteiger partial charge in [0.25, 0.3) is 0 Å². The Kier molecular flexibility index (Phi) is 4.19. The number of amides is 1. The van der Waals surface area contributed by atoms with Crippen LogP contribution < -0.4 is 4.90 Å². The average Bonchev–Trinajstić information content (AvgIpc) is 3.47. The number of carbonyl (C=O) groups excluding carboxylic acids is 1. The second kappa shape index (κ2) is 6.46. The zero-order valence-corrected chi connectivity index (χ0v) is 13.8. The van der Waals surface area contributed by atoms with Gasteiger partial charge in [-0.2, -0.15) is 0 Å². The molecule has 1 saturated carbocycles. The van der Waals surface area contributed by atoms with Crippen molar-refractivity contribution in [2.75, 3.05) is 31.1 Å². The Balaban J connectivity index is 1.35. The third-order valence-electron chi connectivity index (χ3n) is 5.51. The summed E-state index contributed by atoms with van der Waals surface area (Å²) in [7, 11) is 0. The maximum Gasteiger partial charge on any atom is 0.225 e. The number of nitrogens with zero attached hydrogens (tertiary/aromatic N) is 4. The predicted molar refractivity (Wildman–Crippen MR) is 89.4 cm³/mol. The summed E-state index contributed by atoms with van der Waals surface area (Å²) in [6.07, 6.45) is 9.78. The molecule has 0 N–H and O–H groups in total. The molecule has 1 aromatic rings. The highest BCUT2D eigenvalue weighted by Gasteiger charge is 2.30. The summed E-state index contributed by atoms with van der Waals surface area (Å²) < 4.78 is 0. The van der Waals surface area contributed by atoms with Crippen molar-refractivity contribution in [3.8, 4) is 0 Å². The molecule has 0 spiro atoms. The van der Waals surface area contributed by atoms with Crippen molar-refractivity contribution in [3.63, 3.8) is 0 Å². The maximum absolute atomic E-state index is 12.6. The van der Waals surface area contributed by atoms with Crippen LogP contribution in [-0.4, -0.2) is 47.0 Å². The molecule has 124 valence electrons. The highest BCUT2D eigenvalue weighted by Crippen LogP contribution is 2.39. The Labute approximate surface area is 138 Å². The monoisotopic (exact) mass is 314 g/mol. The van der Waals surface area contributed by atoms with Crippen LogP contribution >= 0.6 is 0 Å². The van der Waals surface area contributed by atoms with Crippen molar-refractivity contribution in [2.24, 2.45) is 5.92 Å². The Morgan fingerprint density at radius 2 is 1.70 bits per heavy atom. The van der Waals surface area contributed by atoms with E-state index in [4.69, 9.17) is 0 Å². The van der Waals surface area contributed by atoms with Crippen LogP contribution in [0.15, 0.2) is 12.4 Å². The van der Waals surface area contributed by atoms with E-state index in [1.807, 2.05) is 0 Å². The zero-order valence-electron chi connectivity index (χ0n) is 13.8. The van der Waals surface area contributed by atoms with E-state index in [0.29, 0.717) is 11.8 Å². The summed E-state index contributed by atoms with van der Waals surface area (Å²) >= 11 is 0. The molecule has 5 nitrogen and oxygen atoms in total. The largest absolute Gasteiger partial charge is 0.356 e. The van der Waals surface area contributed by atoms with Crippen LogP contribution in [0.1, 0.15) is 56.6 Å². The molecule has 23 heavy (non-hydrogen) atoms. The van der Waals surface area contributed by atoms with Crippen molar-refractivity contribution < 1.29 is 4.79 Å². The standard InChI is InChI=1S/C18H26N4O/c23-18(22-8-2-1-3-9-22)15-6-10-21(11-7-15)17-12-16(14-4-5-14)19-13-20-17/h12-15H,1-11H2. The molecule has 0 bridgehead atoms. The molecule has 1 aromatic heterocycles. The van der Waals surface area contributed by atoms with Crippen LogP contribution in [0.25, 0.3) is 0 Å². The first-order valence-electron chi connectivity index (χ1n) is 9.17. The first-order chi connectivity index (χ1) is 11.3. The molecule has 3 heterocycles. The second-order valence-electron chi connectivity index (χ2n) is 7.22. The molecule has 0 atom stereocenters. The third kappa shape index (κ3) is 3.33. The van der Waals surface area contributed by atoms with Gasteiger partial charge in [-0.05, 0) is 44.9 Å². The lowest BCUT2D eigenvalue weighted by Crippen LogP contribution is -2.44. The fourth-order valence-corrected chi connectivity index (χ4v) is 3.86. The average molecular weight is 314 g/mol. The van der Waals surface area contributed by atoms with Gasteiger partial charge in [0.15, 0.2) is 0 Å². The summed E-state index contributed by atoms with van der Waals surface area (Å²) in [6.45, 7) is 3.81. The molecule has 0 radical (unpaired) electrons. The molecule has 2 aliphatic heterocycles. The number of hydrogen-bond donors (Lipinski definition) is 0. The van der Waals surface area contributed by atoms with Crippen LogP contribution in [-0.2, 0) is 4.79 Å². The number of piperidine rings is 2. The van der Waals surface area contributed by atoms with Gasteiger partial charge >= 0.3 is 0 Å². The number of aromatic nitrogens is 2. The van der Waals surface area contributed by atoms with Gasteiger partial charge in [-0.1, -0.05) is 0 Å². The van der Waals surface area contributed by atoms with Crippen molar-refractivity contribution >= 4 is 11.7 Å². The molecule has 4 rings (SSSR count). The Bertz CT molecular complexity index is 558. The molecular weight excluding hydrogens is 288 g/mol. The lowest BCUT2D eigenvalue weighted by molar-refractivity contribution is -0.137. The quantitative estimate of drug-likeness (QED) is 0.860. The summed E-state index contributed by atoms with van der Waals surface area (Å²) in [5, 5.41) is 0. The normalized spacial score (nSPS) is 23.1. The minimum absolute atomic E-state index is 0.217. The summed E-state index contributed by atoms with van der Waals surface area (Å²) in [4.78, 5) is 25.9. The molecule has 1 aliphatic carbocycles. The molecule has 5 heteroatoms. The lowest BCUT2D eigenvalue weighted by atomic mass is 9.94. The number of likely N-dealkylation sites (tertiary alicyclic amines) is 1. The van der Waals surface area contributed by atoms with Crippen LogP contribution in [0, 0.1) is 5.92 Å². The van der Waals surface area contributed by atoms with E-state index in [-0.39, 0.29) is 5.92 Å². The first-order valence-corrected chi connectivity index (χ1v) is 9.17. The van der Waals surface area contributed by atoms with E-state index < -0.39 is 0 Å². The fourth-order valence-electron chi connectivity index (χ4n) is 3.86. The van der Waals surface area contributed by atoms with Gasteiger partial charge in [0.1, 0.15) is 12.1 Å². The second-order valence-corrected chi connectivity index (χ2v) is 7.22. The maximum atomic E-state index is 12.6. The van der Waals surface area contributed by atoms with E-state index in [0.717, 1.165) is 44.8 Å². The fraction of sp³-hybridized carbons (Fsp3) is 0.722. The van der Waals surface area contributed by atoms with Gasteiger partial charge in [0.2, 0.25) is 5.91 Å². The van der Waals surface area contributed by atoms with Crippen molar-refractivity contribution in [1.29, 1.82) is 0 Å². The van der Waals surface area contributed by atoms with Crippen molar-refractivity contribution in [2.45, 2.75) is 50.9 Å². The Hall–Kier alpha value is -1.65. The topological polar surface area (TPSA) is 49.3 Å². The van der Waals surface area contributed by atoms with E-state index in [1.54, 1.807) is 6.33 Å². The lowest BCUT2D eigenvalue weighted by Gasteiger charge is -2.36. The zero-order chi connectivity index (χ0) is 15.6. The molecular formula is C18H26N4O. The summed E-state index contributed by atoms with van der Waals surface area (Å²) in [6, 6.07) is 2.16. The Morgan fingerprint density at radius 1 is 0.957 bits per heavy atom. The molecule has 3 fully saturated rings. The van der Waals surface area contributed by atoms with Crippen molar-refractivity contribution in [1.82, 2.24) is 14.9 Å². The van der Waals surface area contributed by atoms with Crippen LogP contribution in [0.4, 0.5) is 5.82 Å². The number of rotatable bonds is 3. The van der Waals surface area contributed by atoms with Crippen LogP contribution in [0.2, 0.25) is 0 Å². The van der Waals surface area contributed by atoms with E-state index >= 15 is 0 Å². The highest BCUT2D eigenvalue weighted by atomic mass is 16.2. The molecule has 1 amide bonds. The van der Waals surface area contributed by atoms with Crippen molar-refractivity contribution in [3.05, 3.63) is 18.1 Å². The van der Waals surface area contributed by atoms with E-state index in [9.17, 15) is 4.79 Å². The minimum atomic E-state index is 0.217. The summed E-state index contributed by atoms with van der Waals surface area (Å²) in [5.41, 5.74) is 1.20.